The Morgan fingerprint density at radius 3 is 2.39 bits per heavy atom. The van der Waals surface area contributed by atoms with Crippen LogP contribution in [0.2, 0.25) is 0 Å². The molecule has 0 saturated heterocycles. The molecule has 0 saturated carbocycles. The number of hydrogen-bond acceptors (Lipinski definition) is 3. The van der Waals surface area contributed by atoms with Crippen LogP contribution in [0.15, 0.2) is 66.0 Å². The number of thiophene rings is 1. The van der Waals surface area contributed by atoms with Crippen molar-refractivity contribution >= 4 is 28.0 Å². The maximum Gasteiger partial charge on any atom is 0.196 e. The largest absolute Gasteiger partial charge is 0.288 e. The minimum Gasteiger partial charge on any atom is -0.288 e. The first-order valence-corrected chi connectivity index (χ1v) is 8.33. The molecule has 0 atom stereocenters. The van der Waals surface area contributed by atoms with Crippen molar-refractivity contribution in [1.82, 2.24) is 4.98 Å². The second-order valence-electron chi connectivity index (χ2n) is 5.58. The summed E-state index contributed by atoms with van der Waals surface area (Å²) in [6.07, 6.45) is 0. The van der Waals surface area contributed by atoms with Crippen LogP contribution in [0.4, 0.5) is 0 Å². The Balaban J connectivity index is 2.00. The number of carbonyl (C=O) groups excluding carboxylic acids is 1. The van der Waals surface area contributed by atoms with Gasteiger partial charge in [0.1, 0.15) is 0 Å². The lowest BCUT2D eigenvalue weighted by Gasteiger charge is -2.09. The van der Waals surface area contributed by atoms with Gasteiger partial charge in [-0.1, -0.05) is 48.5 Å². The molecule has 2 aromatic carbocycles. The molecule has 2 aromatic heterocycles. The fourth-order valence-electron chi connectivity index (χ4n) is 3.34. The van der Waals surface area contributed by atoms with E-state index in [-0.39, 0.29) is 5.78 Å². The number of fused-ring (bicyclic) bond motifs is 5. The molecular formula is C20H11NOS. The van der Waals surface area contributed by atoms with E-state index in [4.69, 9.17) is 4.98 Å². The molecule has 1 aliphatic rings. The molecular weight excluding hydrogens is 302 g/mol. The molecule has 1 aliphatic carbocycles. The van der Waals surface area contributed by atoms with Crippen LogP contribution in [-0.2, 0) is 0 Å². The number of hydrogen-bond donors (Lipinski definition) is 0. The van der Waals surface area contributed by atoms with Crippen molar-refractivity contribution in [3.63, 3.8) is 0 Å². The van der Waals surface area contributed by atoms with Crippen LogP contribution >= 0.6 is 11.3 Å². The highest BCUT2D eigenvalue weighted by atomic mass is 32.1. The molecule has 0 N–H and O–H groups in total. The van der Waals surface area contributed by atoms with Crippen molar-refractivity contribution in [1.29, 1.82) is 0 Å². The molecule has 2 nitrogen and oxygen atoms in total. The van der Waals surface area contributed by atoms with Crippen LogP contribution in [0, 0.1) is 0 Å². The number of nitrogens with zero attached hydrogens (tertiary/aromatic N) is 1. The third-order valence-corrected chi connectivity index (χ3v) is 5.19. The average molecular weight is 313 g/mol. The van der Waals surface area contributed by atoms with E-state index in [2.05, 4.69) is 6.07 Å². The first-order chi connectivity index (χ1) is 11.3. The first kappa shape index (κ1) is 12.7. The minimum absolute atomic E-state index is 0.0808. The lowest BCUT2D eigenvalue weighted by molar-refractivity contribution is 0.104. The monoisotopic (exact) mass is 313 g/mol. The predicted molar refractivity (Wildman–Crippen MR) is 93.9 cm³/mol. The Kier molecular flexibility index (Phi) is 2.55. The van der Waals surface area contributed by atoms with Crippen molar-refractivity contribution in [2.75, 3.05) is 0 Å². The minimum atomic E-state index is 0.0808. The lowest BCUT2D eigenvalue weighted by Crippen LogP contribution is -2.00. The Morgan fingerprint density at radius 1 is 0.783 bits per heavy atom. The molecule has 0 aliphatic heterocycles. The van der Waals surface area contributed by atoms with E-state index < -0.39 is 0 Å². The zero-order chi connectivity index (χ0) is 15.4. The number of pyridine rings is 1. The fourth-order valence-corrected chi connectivity index (χ4v) is 4.06. The highest BCUT2D eigenvalue weighted by molar-refractivity contribution is 7.13. The van der Waals surface area contributed by atoms with Gasteiger partial charge in [0.15, 0.2) is 5.78 Å². The second kappa shape index (κ2) is 4.61. The summed E-state index contributed by atoms with van der Waals surface area (Å²) >= 11 is 1.62. The number of ketones is 1. The highest BCUT2D eigenvalue weighted by Gasteiger charge is 2.32. The summed E-state index contributed by atoms with van der Waals surface area (Å²) in [5, 5.41) is 3.06. The molecule has 4 aromatic rings. The zero-order valence-corrected chi connectivity index (χ0v) is 12.9. The van der Waals surface area contributed by atoms with E-state index in [1.807, 2.05) is 60.0 Å². The van der Waals surface area contributed by atoms with Crippen molar-refractivity contribution in [3.05, 3.63) is 77.2 Å². The summed E-state index contributed by atoms with van der Waals surface area (Å²) in [6, 6.07) is 19.9. The van der Waals surface area contributed by atoms with Crippen LogP contribution in [0.25, 0.3) is 32.6 Å². The van der Waals surface area contributed by atoms with Gasteiger partial charge in [0.05, 0.1) is 21.7 Å². The van der Waals surface area contributed by atoms with Gasteiger partial charge in [0.25, 0.3) is 0 Å². The third-order valence-electron chi connectivity index (χ3n) is 4.32. The smallest absolute Gasteiger partial charge is 0.196 e. The Morgan fingerprint density at radius 2 is 1.57 bits per heavy atom. The third kappa shape index (κ3) is 1.68. The van der Waals surface area contributed by atoms with E-state index in [9.17, 15) is 4.79 Å². The molecule has 108 valence electrons. The number of carbonyl (C=O) groups is 1. The van der Waals surface area contributed by atoms with Crippen LogP contribution in [-0.4, -0.2) is 10.8 Å². The van der Waals surface area contributed by atoms with Gasteiger partial charge < -0.3 is 0 Å². The molecule has 5 rings (SSSR count). The molecule has 3 heteroatoms. The van der Waals surface area contributed by atoms with E-state index in [0.29, 0.717) is 0 Å². The van der Waals surface area contributed by atoms with Gasteiger partial charge in [-0.3, -0.25) is 4.79 Å². The molecule has 23 heavy (non-hydrogen) atoms. The summed E-state index contributed by atoms with van der Waals surface area (Å²) in [5.41, 5.74) is 5.29. The number of rotatable bonds is 1. The van der Waals surface area contributed by atoms with Gasteiger partial charge in [-0.05, 0) is 23.1 Å². The maximum absolute atomic E-state index is 13.0. The van der Waals surface area contributed by atoms with Crippen molar-refractivity contribution in [3.8, 4) is 21.7 Å². The average Bonchev–Trinajstić information content (AvgIpc) is 3.22. The molecule has 0 fully saturated rings. The van der Waals surface area contributed by atoms with Gasteiger partial charge >= 0.3 is 0 Å². The Labute approximate surface area is 137 Å². The van der Waals surface area contributed by atoms with Gasteiger partial charge in [-0.25, -0.2) is 4.98 Å². The van der Waals surface area contributed by atoms with E-state index in [0.717, 1.165) is 43.7 Å². The molecule has 0 spiro atoms. The molecule has 0 amide bonds. The van der Waals surface area contributed by atoms with Crippen molar-refractivity contribution < 1.29 is 4.79 Å². The van der Waals surface area contributed by atoms with Crippen LogP contribution in [0.3, 0.4) is 0 Å². The van der Waals surface area contributed by atoms with E-state index in [1.54, 1.807) is 11.3 Å². The summed E-state index contributed by atoms with van der Waals surface area (Å²) in [4.78, 5) is 18.9. The lowest BCUT2D eigenvalue weighted by atomic mass is 9.99. The zero-order valence-electron chi connectivity index (χ0n) is 12.1. The second-order valence-corrected chi connectivity index (χ2v) is 6.53. The number of para-hydroxylation sites is 1. The SMILES string of the molecule is O=C1c2ccccc2-c2c1c(-c1cccs1)nc1ccccc21. The Bertz CT molecular complexity index is 1080. The van der Waals surface area contributed by atoms with Gasteiger partial charge in [0.2, 0.25) is 0 Å². The molecule has 0 bridgehead atoms. The topological polar surface area (TPSA) is 30.0 Å². The summed E-state index contributed by atoms with van der Waals surface area (Å²) in [6.45, 7) is 0. The van der Waals surface area contributed by atoms with E-state index in [1.165, 1.54) is 0 Å². The van der Waals surface area contributed by atoms with Crippen molar-refractivity contribution in [2.45, 2.75) is 0 Å². The van der Waals surface area contributed by atoms with Gasteiger partial charge in [-0.15, -0.1) is 11.3 Å². The maximum atomic E-state index is 13.0. The summed E-state index contributed by atoms with van der Waals surface area (Å²) in [7, 11) is 0. The predicted octanol–water partition coefficient (Wildman–Crippen LogP) is 5.17. The summed E-state index contributed by atoms with van der Waals surface area (Å²) < 4.78 is 0. The Hall–Kier alpha value is -2.78. The quantitative estimate of drug-likeness (QED) is 0.427. The standard InChI is InChI=1S/C20H11NOS/c22-20-13-7-2-1-6-12(13)17-14-8-3-4-9-15(14)21-19(18(17)20)16-10-5-11-23-16/h1-11H. The van der Waals surface area contributed by atoms with Crippen LogP contribution < -0.4 is 0 Å². The van der Waals surface area contributed by atoms with Gasteiger partial charge in [-0.2, -0.15) is 0 Å². The number of benzene rings is 2. The van der Waals surface area contributed by atoms with Crippen LogP contribution in [0.1, 0.15) is 15.9 Å². The first-order valence-electron chi connectivity index (χ1n) is 7.45. The molecule has 0 unspecified atom stereocenters. The highest BCUT2D eigenvalue weighted by Crippen LogP contribution is 2.45. The van der Waals surface area contributed by atoms with E-state index >= 15 is 0 Å². The van der Waals surface area contributed by atoms with Crippen LogP contribution in [0.5, 0.6) is 0 Å². The molecule has 0 radical (unpaired) electrons. The van der Waals surface area contributed by atoms with Gasteiger partial charge in [0, 0.05) is 16.5 Å². The molecule has 2 heterocycles. The number of aromatic nitrogens is 1. The normalized spacial score (nSPS) is 12.4. The van der Waals surface area contributed by atoms with Crippen molar-refractivity contribution in [2.24, 2.45) is 0 Å². The fraction of sp³-hybridized carbons (Fsp3) is 0. The summed E-state index contributed by atoms with van der Waals surface area (Å²) in [5.74, 6) is 0.0808.